The van der Waals surface area contributed by atoms with Crippen molar-refractivity contribution in [2.75, 3.05) is 5.32 Å². The smallest absolute Gasteiger partial charge is 0.335 e. The minimum atomic E-state index is -1.07. The molecule has 104 valence electrons. The number of aromatic carboxylic acids is 1. The Balaban J connectivity index is 2.21. The van der Waals surface area contributed by atoms with Gasteiger partial charge in [0.15, 0.2) is 0 Å². The summed E-state index contributed by atoms with van der Waals surface area (Å²) in [7, 11) is 1.68. The first-order valence-electron chi connectivity index (χ1n) is 6.05. The lowest BCUT2D eigenvalue weighted by molar-refractivity contribution is 0.0696. The Kier molecular flexibility index (Phi) is 3.79. The van der Waals surface area contributed by atoms with Crippen LogP contribution in [0.15, 0.2) is 24.4 Å². The molecule has 2 heterocycles. The third-order valence-electron chi connectivity index (χ3n) is 2.77. The molecule has 0 aliphatic heterocycles. The molecule has 2 aromatic heterocycles. The molecule has 2 N–H and O–H groups in total. The topological polar surface area (TPSA) is 97.1 Å². The van der Waals surface area contributed by atoms with Crippen molar-refractivity contribution in [1.29, 1.82) is 0 Å². The van der Waals surface area contributed by atoms with Crippen molar-refractivity contribution >= 4 is 17.7 Å². The van der Waals surface area contributed by atoms with E-state index < -0.39 is 5.97 Å². The molecule has 0 aliphatic rings. The second-order valence-electron chi connectivity index (χ2n) is 4.19. The maximum Gasteiger partial charge on any atom is 0.335 e. The van der Waals surface area contributed by atoms with Crippen LogP contribution in [0.4, 0.5) is 5.82 Å². The number of amides is 1. The predicted molar refractivity (Wildman–Crippen MR) is 71.7 cm³/mol. The SMILES string of the molecule is CCc1cc(C(=O)Nc2cc(C(=O)O)ccn2)n(C)n1. The van der Waals surface area contributed by atoms with Crippen LogP contribution in [0.3, 0.4) is 0 Å². The number of nitrogens with zero attached hydrogens (tertiary/aromatic N) is 3. The number of hydrogen-bond acceptors (Lipinski definition) is 4. The number of aryl methyl sites for hydroxylation is 2. The Morgan fingerprint density at radius 3 is 2.75 bits per heavy atom. The van der Waals surface area contributed by atoms with Gasteiger partial charge < -0.3 is 10.4 Å². The number of aromatic nitrogens is 3. The first kappa shape index (κ1) is 13.7. The van der Waals surface area contributed by atoms with Gasteiger partial charge in [0, 0.05) is 13.2 Å². The van der Waals surface area contributed by atoms with Crippen LogP contribution >= 0.6 is 0 Å². The summed E-state index contributed by atoms with van der Waals surface area (Å²) in [5.74, 6) is -1.26. The van der Waals surface area contributed by atoms with Gasteiger partial charge in [-0.1, -0.05) is 6.92 Å². The molecule has 2 aromatic rings. The van der Waals surface area contributed by atoms with Crippen LogP contribution in [0.2, 0.25) is 0 Å². The minimum absolute atomic E-state index is 0.0644. The summed E-state index contributed by atoms with van der Waals surface area (Å²) in [6, 6.07) is 4.35. The van der Waals surface area contributed by atoms with Crippen molar-refractivity contribution in [3.63, 3.8) is 0 Å². The van der Waals surface area contributed by atoms with Gasteiger partial charge in [0.2, 0.25) is 0 Å². The third kappa shape index (κ3) is 2.82. The summed E-state index contributed by atoms with van der Waals surface area (Å²) < 4.78 is 1.48. The molecule has 0 aromatic carbocycles. The number of carboxylic acids is 1. The molecular weight excluding hydrogens is 260 g/mol. The number of carbonyl (C=O) groups excluding carboxylic acids is 1. The molecule has 0 spiro atoms. The Bertz CT molecular complexity index is 663. The molecule has 7 nitrogen and oxygen atoms in total. The molecular formula is C13H14N4O3. The van der Waals surface area contributed by atoms with E-state index in [0.29, 0.717) is 5.69 Å². The highest BCUT2D eigenvalue weighted by Crippen LogP contribution is 2.10. The fraction of sp³-hybridized carbons (Fsp3) is 0.231. The number of nitrogens with one attached hydrogen (secondary N) is 1. The maximum absolute atomic E-state index is 12.1. The Morgan fingerprint density at radius 1 is 1.40 bits per heavy atom. The first-order chi connectivity index (χ1) is 9.51. The molecule has 0 atom stereocenters. The molecule has 0 saturated carbocycles. The monoisotopic (exact) mass is 274 g/mol. The molecule has 0 fully saturated rings. The van der Waals surface area contributed by atoms with E-state index in [1.54, 1.807) is 13.1 Å². The van der Waals surface area contributed by atoms with Gasteiger partial charge in [-0.25, -0.2) is 9.78 Å². The molecule has 0 saturated heterocycles. The average molecular weight is 274 g/mol. The van der Waals surface area contributed by atoms with Crippen molar-refractivity contribution in [2.45, 2.75) is 13.3 Å². The van der Waals surface area contributed by atoms with Gasteiger partial charge in [-0.3, -0.25) is 9.48 Å². The zero-order valence-electron chi connectivity index (χ0n) is 11.1. The zero-order valence-corrected chi connectivity index (χ0v) is 11.1. The number of carboxylic acid groups (broad SMARTS) is 1. The summed E-state index contributed by atoms with van der Waals surface area (Å²) in [5.41, 5.74) is 1.27. The number of anilines is 1. The van der Waals surface area contributed by atoms with Crippen molar-refractivity contribution in [3.05, 3.63) is 41.3 Å². The average Bonchev–Trinajstić information content (AvgIpc) is 2.80. The van der Waals surface area contributed by atoms with E-state index >= 15 is 0 Å². The van der Waals surface area contributed by atoms with Gasteiger partial charge in [-0.2, -0.15) is 5.10 Å². The van der Waals surface area contributed by atoms with Gasteiger partial charge in [-0.05, 0) is 24.6 Å². The van der Waals surface area contributed by atoms with E-state index in [1.807, 2.05) is 6.92 Å². The zero-order chi connectivity index (χ0) is 14.7. The highest BCUT2D eigenvalue weighted by Gasteiger charge is 2.14. The molecule has 0 unspecified atom stereocenters. The van der Waals surface area contributed by atoms with E-state index in [1.165, 1.54) is 23.0 Å². The van der Waals surface area contributed by atoms with Crippen LogP contribution in [0.25, 0.3) is 0 Å². The second kappa shape index (κ2) is 5.52. The summed E-state index contributed by atoms with van der Waals surface area (Å²) in [4.78, 5) is 26.9. The molecule has 0 bridgehead atoms. The van der Waals surface area contributed by atoms with Crippen molar-refractivity contribution in [1.82, 2.24) is 14.8 Å². The molecule has 20 heavy (non-hydrogen) atoms. The van der Waals surface area contributed by atoms with E-state index in [-0.39, 0.29) is 17.3 Å². The van der Waals surface area contributed by atoms with E-state index in [4.69, 9.17) is 5.11 Å². The van der Waals surface area contributed by atoms with Gasteiger partial charge in [0.1, 0.15) is 11.5 Å². The van der Waals surface area contributed by atoms with Crippen molar-refractivity contribution in [2.24, 2.45) is 7.05 Å². The van der Waals surface area contributed by atoms with E-state index in [2.05, 4.69) is 15.4 Å². The van der Waals surface area contributed by atoms with Crippen LogP contribution in [0, 0.1) is 0 Å². The number of pyridine rings is 1. The Morgan fingerprint density at radius 2 is 2.15 bits per heavy atom. The van der Waals surface area contributed by atoms with E-state index in [9.17, 15) is 9.59 Å². The van der Waals surface area contributed by atoms with Crippen molar-refractivity contribution < 1.29 is 14.7 Å². The van der Waals surface area contributed by atoms with Gasteiger partial charge in [0.25, 0.3) is 5.91 Å². The highest BCUT2D eigenvalue weighted by atomic mass is 16.4. The lowest BCUT2D eigenvalue weighted by atomic mass is 10.2. The Hall–Kier alpha value is -2.70. The lowest BCUT2D eigenvalue weighted by Gasteiger charge is -2.04. The molecule has 7 heteroatoms. The second-order valence-corrected chi connectivity index (χ2v) is 4.19. The van der Waals surface area contributed by atoms with Crippen LogP contribution in [-0.4, -0.2) is 31.7 Å². The predicted octanol–water partition coefficient (Wildman–Crippen LogP) is 1.33. The third-order valence-corrected chi connectivity index (χ3v) is 2.77. The minimum Gasteiger partial charge on any atom is -0.478 e. The van der Waals surface area contributed by atoms with Crippen LogP contribution in [-0.2, 0) is 13.5 Å². The quantitative estimate of drug-likeness (QED) is 0.876. The largest absolute Gasteiger partial charge is 0.478 e. The van der Waals surface area contributed by atoms with Gasteiger partial charge in [0.05, 0.1) is 11.3 Å². The normalized spacial score (nSPS) is 10.3. The Labute approximate surface area is 115 Å². The van der Waals surface area contributed by atoms with Crippen molar-refractivity contribution in [3.8, 4) is 0 Å². The highest BCUT2D eigenvalue weighted by molar-refractivity contribution is 6.03. The molecule has 1 amide bonds. The summed E-state index contributed by atoms with van der Waals surface area (Å²) in [6.07, 6.45) is 2.06. The summed E-state index contributed by atoms with van der Waals surface area (Å²) in [6.45, 7) is 1.95. The van der Waals surface area contributed by atoms with Gasteiger partial charge in [-0.15, -0.1) is 0 Å². The lowest BCUT2D eigenvalue weighted by Crippen LogP contribution is -2.17. The number of carbonyl (C=O) groups is 2. The summed E-state index contributed by atoms with van der Waals surface area (Å²) in [5, 5.41) is 15.6. The fourth-order valence-electron chi connectivity index (χ4n) is 1.72. The fourth-order valence-corrected chi connectivity index (χ4v) is 1.72. The van der Waals surface area contributed by atoms with E-state index in [0.717, 1.165) is 12.1 Å². The maximum atomic E-state index is 12.1. The van der Waals surface area contributed by atoms with Crippen LogP contribution < -0.4 is 5.32 Å². The number of hydrogen-bond donors (Lipinski definition) is 2. The number of rotatable bonds is 4. The first-order valence-corrected chi connectivity index (χ1v) is 6.05. The molecule has 2 rings (SSSR count). The molecule has 0 radical (unpaired) electrons. The van der Waals surface area contributed by atoms with Gasteiger partial charge >= 0.3 is 5.97 Å². The molecule has 0 aliphatic carbocycles. The summed E-state index contributed by atoms with van der Waals surface area (Å²) >= 11 is 0. The van der Waals surface area contributed by atoms with Crippen LogP contribution in [0.5, 0.6) is 0 Å². The standard InChI is InChI=1S/C13H14N4O3/c1-3-9-7-10(17(2)16-9)12(18)15-11-6-8(13(19)20)4-5-14-11/h4-7H,3H2,1-2H3,(H,19,20)(H,14,15,18). The van der Waals surface area contributed by atoms with Crippen LogP contribution in [0.1, 0.15) is 33.5 Å².